The van der Waals surface area contributed by atoms with Crippen LogP contribution in [0.15, 0.2) is 0 Å². The van der Waals surface area contributed by atoms with E-state index < -0.39 is 8.80 Å². The molecule has 0 saturated heterocycles. The monoisotopic (exact) mass is 368 g/mol. The standard InChI is InChI=1S/C16H36O7Si/c1-17-10-11-22-14-15-23-13-12-21-9-7-5-6-8-16-24(18-2,19-3)20-4/h5-16H2,1-4H3. The second-order valence-corrected chi connectivity index (χ2v) is 8.38. The molecule has 0 aliphatic heterocycles. The molecule has 0 aromatic carbocycles. The molecule has 0 saturated carbocycles. The summed E-state index contributed by atoms with van der Waals surface area (Å²) in [7, 11) is 4.23. The SMILES string of the molecule is COCCOCCOCCOCCCCCC[Si](OC)(OC)OC. The van der Waals surface area contributed by atoms with E-state index in [-0.39, 0.29) is 0 Å². The highest BCUT2D eigenvalue weighted by Gasteiger charge is 2.36. The van der Waals surface area contributed by atoms with Gasteiger partial charge in [0, 0.05) is 41.1 Å². The third kappa shape index (κ3) is 13.3. The minimum atomic E-state index is -2.39. The van der Waals surface area contributed by atoms with E-state index in [4.69, 9.17) is 32.2 Å². The van der Waals surface area contributed by atoms with Gasteiger partial charge in [-0.3, -0.25) is 0 Å². The molecule has 0 N–H and O–H groups in total. The average Bonchev–Trinajstić information content (AvgIpc) is 2.62. The topological polar surface area (TPSA) is 64.6 Å². The molecule has 0 heterocycles. The lowest BCUT2D eigenvalue weighted by molar-refractivity contribution is 0.00323. The van der Waals surface area contributed by atoms with Gasteiger partial charge in [0.2, 0.25) is 0 Å². The molecule has 0 bridgehead atoms. The van der Waals surface area contributed by atoms with E-state index in [0.29, 0.717) is 39.6 Å². The smallest absolute Gasteiger partial charge is 0.382 e. The van der Waals surface area contributed by atoms with Crippen LogP contribution < -0.4 is 0 Å². The first kappa shape index (κ1) is 23.9. The van der Waals surface area contributed by atoms with Gasteiger partial charge in [0.05, 0.1) is 39.6 Å². The Morgan fingerprint density at radius 2 is 0.958 bits per heavy atom. The summed E-state index contributed by atoms with van der Waals surface area (Å²) in [6.45, 7) is 4.43. The molecule has 0 aromatic heterocycles. The summed E-state index contributed by atoms with van der Waals surface area (Å²) in [6, 6.07) is 0.859. The number of methoxy groups -OCH3 is 1. The first-order valence-electron chi connectivity index (χ1n) is 8.62. The quantitative estimate of drug-likeness (QED) is 0.256. The van der Waals surface area contributed by atoms with E-state index in [1.165, 1.54) is 0 Å². The van der Waals surface area contributed by atoms with Gasteiger partial charge in [-0.1, -0.05) is 12.8 Å². The molecule has 146 valence electrons. The third-order valence-corrected chi connectivity index (χ3v) is 6.46. The maximum atomic E-state index is 5.54. The van der Waals surface area contributed by atoms with Crippen molar-refractivity contribution in [2.24, 2.45) is 0 Å². The maximum absolute atomic E-state index is 5.54. The Kier molecular flexibility index (Phi) is 17.7. The average molecular weight is 369 g/mol. The fourth-order valence-electron chi connectivity index (χ4n) is 2.14. The van der Waals surface area contributed by atoms with Gasteiger partial charge in [-0.05, 0) is 12.8 Å². The van der Waals surface area contributed by atoms with Crippen molar-refractivity contribution in [3.63, 3.8) is 0 Å². The van der Waals surface area contributed by atoms with Crippen LogP contribution in [-0.4, -0.2) is 83.5 Å². The highest BCUT2D eigenvalue weighted by Crippen LogP contribution is 2.17. The minimum Gasteiger partial charge on any atom is -0.382 e. The lowest BCUT2D eigenvalue weighted by atomic mass is 10.2. The molecule has 0 aliphatic rings. The normalized spacial score (nSPS) is 12.0. The third-order valence-electron chi connectivity index (χ3n) is 3.63. The molecule has 0 aliphatic carbocycles. The largest absolute Gasteiger partial charge is 0.500 e. The van der Waals surface area contributed by atoms with Crippen LogP contribution in [0.2, 0.25) is 6.04 Å². The van der Waals surface area contributed by atoms with Crippen molar-refractivity contribution in [2.75, 3.05) is 74.7 Å². The van der Waals surface area contributed by atoms with Crippen molar-refractivity contribution in [1.29, 1.82) is 0 Å². The van der Waals surface area contributed by atoms with Crippen LogP contribution >= 0.6 is 0 Å². The summed E-state index contributed by atoms with van der Waals surface area (Å²) in [5, 5.41) is 0. The van der Waals surface area contributed by atoms with Gasteiger partial charge in [0.25, 0.3) is 0 Å². The number of unbranched alkanes of at least 4 members (excludes halogenated alkanes) is 3. The first-order chi connectivity index (χ1) is 11.7. The summed E-state index contributed by atoms with van der Waals surface area (Å²) in [4.78, 5) is 0. The molecule has 8 heteroatoms. The van der Waals surface area contributed by atoms with Crippen LogP contribution in [0.1, 0.15) is 25.7 Å². The summed E-state index contributed by atoms with van der Waals surface area (Å²) in [5.41, 5.74) is 0. The van der Waals surface area contributed by atoms with Crippen LogP contribution in [0.4, 0.5) is 0 Å². The van der Waals surface area contributed by atoms with E-state index in [1.54, 1.807) is 28.4 Å². The molecular formula is C16H36O7Si. The second-order valence-electron chi connectivity index (χ2n) is 5.29. The Labute approximate surface area is 148 Å². The second kappa shape index (κ2) is 17.8. The van der Waals surface area contributed by atoms with Gasteiger partial charge >= 0.3 is 8.80 Å². The van der Waals surface area contributed by atoms with E-state index in [0.717, 1.165) is 38.3 Å². The van der Waals surface area contributed by atoms with Crippen molar-refractivity contribution < 1.29 is 32.2 Å². The maximum Gasteiger partial charge on any atom is 0.500 e. The minimum absolute atomic E-state index is 0.594. The molecule has 0 fully saturated rings. The van der Waals surface area contributed by atoms with Crippen molar-refractivity contribution in [3.05, 3.63) is 0 Å². The fraction of sp³-hybridized carbons (Fsp3) is 1.00. The predicted octanol–water partition coefficient (Wildman–Crippen LogP) is 2.12. The van der Waals surface area contributed by atoms with Gasteiger partial charge in [0.1, 0.15) is 0 Å². The summed E-state index contributed by atoms with van der Waals surface area (Å²) in [5.74, 6) is 0. The molecule has 0 aromatic rings. The van der Waals surface area contributed by atoms with E-state index >= 15 is 0 Å². The fourth-order valence-corrected chi connectivity index (χ4v) is 3.93. The lowest BCUT2D eigenvalue weighted by Crippen LogP contribution is -2.42. The highest BCUT2D eigenvalue weighted by molar-refractivity contribution is 6.60. The van der Waals surface area contributed by atoms with Crippen LogP contribution in [0.25, 0.3) is 0 Å². The van der Waals surface area contributed by atoms with Crippen LogP contribution in [0, 0.1) is 0 Å². The van der Waals surface area contributed by atoms with Gasteiger partial charge in [0.15, 0.2) is 0 Å². The first-order valence-corrected chi connectivity index (χ1v) is 10.6. The molecule has 0 unspecified atom stereocenters. The van der Waals surface area contributed by atoms with Crippen molar-refractivity contribution in [2.45, 2.75) is 31.7 Å². The zero-order valence-electron chi connectivity index (χ0n) is 15.8. The molecule has 0 spiro atoms. The predicted molar refractivity (Wildman–Crippen MR) is 94.4 cm³/mol. The Bertz CT molecular complexity index is 244. The zero-order valence-corrected chi connectivity index (χ0v) is 16.8. The Morgan fingerprint density at radius 1 is 0.500 bits per heavy atom. The zero-order chi connectivity index (χ0) is 17.9. The van der Waals surface area contributed by atoms with E-state index in [1.807, 2.05) is 0 Å². The van der Waals surface area contributed by atoms with Gasteiger partial charge in [-0.25, -0.2) is 0 Å². The molecule has 0 rings (SSSR count). The molecule has 24 heavy (non-hydrogen) atoms. The Hall–Kier alpha value is -0.0631. The number of hydrogen-bond acceptors (Lipinski definition) is 7. The van der Waals surface area contributed by atoms with Crippen molar-refractivity contribution in [3.8, 4) is 0 Å². The molecular weight excluding hydrogens is 332 g/mol. The Morgan fingerprint density at radius 3 is 1.46 bits per heavy atom. The van der Waals surface area contributed by atoms with E-state index in [2.05, 4.69) is 0 Å². The number of rotatable bonds is 19. The van der Waals surface area contributed by atoms with Gasteiger partial charge < -0.3 is 32.2 Å². The number of hydrogen-bond donors (Lipinski definition) is 0. The number of ether oxygens (including phenoxy) is 4. The van der Waals surface area contributed by atoms with Crippen molar-refractivity contribution >= 4 is 8.80 Å². The Balaban J connectivity index is 3.23. The lowest BCUT2D eigenvalue weighted by Gasteiger charge is -2.24. The molecule has 0 atom stereocenters. The summed E-state index contributed by atoms with van der Waals surface area (Å²) in [6.07, 6.45) is 4.37. The summed E-state index contributed by atoms with van der Waals surface area (Å²) < 4.78 is 37.3. The highest BCUT2D eigenvalue weighted by atomic mass is 28.4. The molecule has 7 nitrogen and oxygen atoms in total. The molecule has 0 radical (unpaired) electrons. The van der Waals surface area contributed by atoms with Gasteiger partial charge in [-0.15, -0.1) is 0 Å². The van der Waals surface area contributed by atoms with Crippen molar-refractivity contribution in [1.82, 2.24) is 0 Å². The van der Waals surface area contributed by atoms with Gasteiger partial charge in [-0.2, -0.15) is 0 Å². The van der Waals surface area contributed by atoms with Crippen LogP contribution in [-0.2, 0) is 32.2 Å². The van der Waals surface area contributed by atoms with Crippen LogP contribution in [0.3, 0.4) is 0 Å². The molecule has 0 amide bonds. The van der Waals surface area contributed by atoms with E-state index in [9.17, 15) is 0 Å². The summed E-state index contributed by atoms with van der Waals surface area (Å²) >= 11 is 0. The van der Waals surface area contributed by atoms with Crippen LogP contribution in [0.5, 0.6) is 0 Å².